The Balaban J connectivity index is 1.56. The predicted molar refractivity (Wildman–Crippen MR) is 120 cm³/mol. The first-order valence-corrected chi connectivity index (χ1v) is 10.9. The molecule has 0 aliphatic carbocycles. The Kier molecular flexibility index (Phi) is 7.12. The Bertz CT molecular complexity index is 965. The summed E-state index contributed by atoms with van der Waals surface area (Å²) in [5, 5.41) is 3.40. The molecule has 0 radical (unpaired) electrons. The normalized spacial score (nSPS) is 16.3. The number of halogens is 3. The molecule has 1 fully saturated rings. The number of nitrogens with zero attached hydrogens (tertiary/aromatic N) is 1. The van der Waals surface area contributed by atoms with E-state index < -0.39 is 11.7 Å². The lowest BCUT2D eigenvalue weighted by Gasteiger charge is -2.31. The van der Waals surface area contributed by atoms with E-state index in [-0.39, 0.29) is 6.04 Å². The minimum atomic E-state index is -4.34. The average molecular weight is 441 g/mol. The predicted octanol–water partition coefficient (Wildman–Crippen LogP) is 5.67. The van der Waals surface area contributed by atoms with Gasteiger partial charge in [0.2, 0.25) is 0 Å². The third kappa shape index (κ3) is 5.69. The summed E-state index contributed by atoms with van der Waals surface area (Å²) in [6, 6.07) is 23.3. The van der Waals surface area contributed by atoms with Gasteiger partial charge in [-0.1, -0.05) is 54.6 Å². The number of rotatable bonds is 6. The molecule has 1 unspecified atom stereocenters. The Morgan fingerprint density at radius 3 is 2.12 bits per heavy atom. The molecule has 1 saturated heterocycles. The van der Waals surface area contributed by atoms with Crippen molar-refractivity contribution in [2.75, 3.05) is 26.2 Å². The van der Waals surface area contributed by atoms with Crippen molar-refractivity contribution in [2.24, 2.45) is 0 Å². The van der Waals surface area contributed by atoms with Gasteiger partial charge in [0.1, 0.15) is 12.4 Å². The highest BCUT2D eigenvalue weighted by Gasteiger charge is 2.31. The molecule has 4 rings (SSSR count). The van der Waals surface area contributed by atoms with Gasteiger partial charge in [-0.25, -0.2) is 0 Å². The Morgan fingerprint density at radius 2 is 1.47 bits per heavy atom. The summed E-state index contributed by atoms with van der Waals surface area (Å²) in [6.45, 7) is 4.00. The number of ether oxygens (including phenoxy) is 1. The third-order valence-corrected chi connectivity index (χ3v) is 5.74. The van der Waals surface area contributed by atoms with Crippen LogP contribution in [0.25, 0.3) is 0 Å². The summed E-state index contributed by atoms with van der Waals surface area (Å²) in [5.41, 5.74) is 2.37. The van der Waals surface area contributed by atoms with E-state index in [4.69, 9.17) is 4.74 Å². The molecule has 1 atom stereocenters. The Hall–Kier alpha value is -2.83. The van der Waals surface area contributed by atoms with Crippen LogP contribution in [0.4, 0.5) is 13.2 Å². The van der Waals surface area contributed by atoms with Crippen LogP contribution in [0.1, 0.15) is 34.7 Å². The van der Waals surface area contributed by atoms with Crippen molar-refractivity contribution in [1.29, 1.82) is 0 Å². The van der Waals surface area contributed by atoms with Crippen LogP contribution in [0, 0.1) is 0 Å². The number of alkyl halides is 3. The van der Waals surface area contributed by atoms with E-state index in [9.17, 15) is 13.2 Å². The number of nitrogens with one attached hydrogen (secondary N) is 1. The smallest absolute Gasteiger partial charge is 0.416 e. The summed E-state index contributed by atoms with van der Waals surface area (Å²) in [4.78, 5) is 2.34. The van der Waals surface area contributed by atoms with Crippen molar-refractivity contribution < 1.29 is 17.9 Å². The molecular formula is C26H27F3N2O. The third-order valence-electron chi connectivity index (χ3n) is 5.74. The molecule has 0 spiro atoms. The van der Waals surface area contributed by atoms with Gasteiger partial charge < -0.3 is 10.1 Å². The molecule has 6 heteroatoms. The van der Waals surface area contributed by atoms with Crippen molar-refractivity contribution >= 4 is 0 Å². The highest BCUT2D eigenvalue weighted by molar-refractivity contribution is 5.37. The molecule has 0 aromatic heterocycles. The van der Waals surface area contributed by atoms with Crippen molar-refractivity contribution in [3.05, 3.63) is 101 Å². The fourth-order valence-corrected chi connectivity index (χ4v) is 4.08. The molecule has 0 bridgehead atoms. The maximum Gasteiger partial charge on any atom is 0.416 e. The first-order valence-electron chi connectivity index (χ1n) is 10.9. The highest BCUT2D eigenvalue weighted by atomic mass is 19.4. The standard InChI is InChI=1S/C26H27F3N2O/c27-26(28,29)23-11-7-21(8-12-23)25(31-17-4-15-30-16-18-31)22-9-13-24(14-10-22)32-19-20-5-2-1-3-6-20/h1-3,5-14,25,30H,4,15-19H2. The van der Waals surface area contributed by atoms with Gasteiger partial charge >= 0.3 is 6.18 Å². The second-order valence-electron chi connectivity index (χ2n) is 8.01. The maximum atomic E-state index is 13.1. The largest absolute Gasteiger partial charge is 0.489 e. The van der Waals surface area contributed by atoms with Gasteiger partial charge in [0.05, 0.1) is 11.6 Å². The molecule has 3 nitrogen and oxygen atoms in total. The van der Waals surface area contributed by atoms with E-state index in [1.165, 1.54) is 12.1 Å². The van der Waals surface area contributed by atoms with Gasteiger partial charge in [-0.05, 0) is 53.9 Å². The molecule has 168 valence electrons. The van der Waals surface area contributed by atoms with E-state index in [1.54, 1.807) is 12.1 Å². The van der Waals surface area contributed by atoms with E-state index in [0.29, 0.717) is 6.61 Å². The van der Waals surface area contributed by atoms with E-state index in [1.807, 2.05) is 54.6 Å². The summed E-state index contributed by atoms with van der Waals surface area (Å²) in [6.07, 6.45) is -3.34. The van der Waals surface area contributed by atoms with Crippen LogP contribution in [0.3, 0.4) is 0 Å². The molecule has 1 N–H and O–H groups in total. The van der Waals surface area contributed by atoms with Crippen molar-refractivity contribution in [3.8, 4) is 5.75 Å². The lowest BCUT2D eigenvalue weighted by Crippen LogP contribution is -2.33. The second-order valence-corrected chi connectivity index (χ2v) is 8.01. The van der Waals surface area contributed by atoms with Gasteiger partial charge in [-0.2, -0.15) is 13.2 Å². The van der Waals surface area contributed by atoms with Gasteiger partial charge in [-0.3, -0.25) is 4.90 Å². The van der Waals surface area contributed by atoms with E-state index in [0.717, 1.165) is 55.0 Å². The topological polar surface area (TPSA) is 24.5 Å². The lowest BCUT2D eigenvalue weighted by atomic mass is 9.95. The molecule has 1 aliphatic rings. The minimum Gasteiger partial charge on any atom is -0.489 e. The van der Waals surface area contributed by atoms with Crippen LogP contribution >= 0.6 is 0 Å². The van der Waals surface area contributed by atoms with Crippen molar-refractivity contribution in [1.82, 2.24) is 10.2 Å². The van der Waals surface area contributed by atoms with Crippen LogP contribution in [-0.4, -0.2) is 31.1 Å². The SMILES string of the molecule is FC(F)(F)c1ccc(C(c2ccc(OCc3ccccc3)cc2)N2CCCNCC2)cc1. The van der Waals surface area contributed by atoms with Crippen LogP contribution in [0.15, 0.2) is 78.9 Å². The summed E-state index contributed by atoms with van der Waals surface area (Å²) in [7, 11) is 0. The van der Waals surface area contributed by atoms with E-state index >= 15 is 0 Å². The quantitative estimate of drug-likeness (QED) is 0.535. The summed E-state index contributed by atoms with van der Waals surface area (Å²) >= 11 is 0. The molecule has 1 heterocycles. The summed E-state index contributed by atoms with van der Waals surface area (Å²) in [5.74, 6) is 0.765. The van der Waals surface area contributed by atoms with Gasteiger partial charge in [0.15, 0.2) is 0 Å². The van der Waals surface area contributed by atoms with Gasteiger partial charge in [0.25, 0.3) is 0 Å². The molecule has 1 aliphatic heterocycles. The zero-order chi connectivity index (χ0) is 22.4. The van der Waals surface area contributed by atoms with Crippen molar-refractivity contribution in [3.63, 3.8) is 0 Å². The monoisotopic (exact) mass is 440 g/mol. The molecule has 0 saturated carbocycles. The number of hydrogen-bond donors (Lipinski definition) is 1. The van der Waals surface area contributed by atoms with Crippen LogP contribution in [-0.2, 0) is 12.8 Å². The second kappa shape index (κ2) is 10.2. The van der Waals surface area contributed by atoms with Gasteiger partial charge in [-0.15, -0.1) is 0 Å². The van der Waals surface area contributed by atoms with Crippen LogP contribution < -0.4 is 10.1 Å². The first kappa shape index (κ1) is 22.4. The molecule has 3 aromatic carbocycles. The Morgan fingerprint density at radius 1 is 0.812 bits per heavy atom. The summed E-state index contributed by atoms with van der Waals surface area (Å²) < 4.78 is 45.1. The fourth-order valence-electron chi connectivity index (χ4n) is 4.08. The van der Waals surface area contributed by atoms with Gasteiger partial charge in [0, 0.05) is 19.6 Å². The fraction of sp³-hybridized carbons (Fsp3) is 0.308. The van der Waals surface area contributed by atoms with Crippen LogP contribution in [0.5, 0.6) is 5.75 Å². The van der Waals surface area contributed by atoms with Crippen LogP contribution in [0.2, 0.25) is 0 Å². The lowest BCUT2D eigenvalue weighted by molar-refractivity contribution is -0.137. The zero-order valence-corrected chi connectivity index (χ0v) is 17.8. The Labute approximate surface area is 186 Å². The van der Waals surface area contributed by atoms with E-state index in [2.05, 4.69) is 10.2 Å². The average Bonchev–Trinajstić information content (AvgIpc) is 3.09. The molecule has 0 amide bonds. The number of hydrogen-bond acceptors (Lipinski definition) is 3. The number of benzene rings is 3. The highest BCUT2D eigenvalue weighted by Crippen LogP contribution is 2.34. The zero-order valence-electron chi connectivity index (χ0n) is 17.8. The molecule has 3 aromatic rings. The minimum absolute atomic E-state index is 0.111. The first-order chi connectivity index (χ1) is 15.5. The van der Waals surface area contributed by atoms with Crippen molar-refractivity contribution in [2.45, 2.75) is 25.2 Å². The molecule has 32 heavy (non-hydrogen) atoms. The molecular weight excluding hydrogens is 413 g/mol. The maximum absolute atomic E-state index is 13.1.